The lowest BCUT2D eigenvalue weighted by Crippen LogP contribution is -2.03. The summed E-state index contributed by atoms with van der Waals surface area (Å²) in [7, 11) is 0. The number of anilines is 1. The van der Waals surface area contributed by atoms with Crippen LogP contribution in [-0.2, 0) is 0 Å². The van der Waals surface area contributed by atoms with Gasteiger partial charge in [-0.1, -0.05) is 5.92 Å². The monoisotopic (exact) mass is 187 g/mol. The third-order valence-corrected chi connectivity index (χ3v) is 1.74. The van der Waals surface area contributed by atoms with Crippen LogP contribution in [0.25, 0.3) is 5.65 Å². The topological polar surface area (TPSA) is 55.1 Å². The van der Waals surface area contributed by atoms with E-state index in [0.717, 1.165) is 0 Å². The third-order valence-electron chi connectivity index (χ3n) is 1.74. The summed E-state index contributed by atoms with van der Waals surface area (Å²) in [6.07, 6.45) is 5.12. The number of aromatic nitrogens is 4. The Labute approximate surface area is 81.2 Å². The van der Waals surface area contributed by atoms with Gasteiger partial charge in [-0.2, -0.15) is 0 Å². The molecule has 0 atom stereocenters. The fraction of sp³-hybridized carbons (Fsp3) is 0.222. The van der Waals surface area contributed by atoms with Gasteiger partial charge < -0.3 is 5.32 Å². The van der Waals surface area contributed by atoms with Crippen LogP contribution in [0, 0.1) is 11.8 Å². The Kier molecular flexibility index (Phi) is 2.28. The van der Waals surface area contributed by atoms with Crippen LogP contribution in [-0.4, -0.2) is 26.1 Å². The summed E-state index contributed by atoms with van der Waals surface area (Å²) >= 11 is 0. The minimum absolute atomic E-state index is 0.566. The largest absolute Gasteiger partial charge is 0.356 e. The van der Waals surface area contributed by atoms with Gasteiger partial charge >= 0.3 is 0 Å². The summed E-state index contributed by atoms with van der Waals surface area (Å²) in [5.74, 6) is 6.39. The molecule has 0 amide bonds. The van der Waals surface area contributed by atoms with Gasteiger partial charge in [-0.05, 0) is 6.92 Å². The Hall–Kier alpha value is -2.09. The number of hydrogen-bond donors (Lipinski definition) is 1. The van der Waals surface area contributed by atoms with Gasteiger partial charge in [-0.15, -0.1) is 16.1 Å². The van der Waals surface area contributed by atoms with E-state index in [1.165, 1.54) is 0 Å². The molecule has 2 rings (SSSR count). The van der Waals surface area contributed by atoms with E-state index in [-0.39, 0.29) is 0 Å². The normalized spacial score (nSPS) is 9.50. The molecule has 0 radical (unpaired) electrons. The first-order valence-corrected chi connectivity index (χ1v) is 4.19. The summed E-state index contributed by atoms with van der Waals surface area (Å²) < 4.78 is 1.80. The van der Waals surface area contributed by atoms with Crippen LogP contribution in [0.5, 0.6) is 0 Å². The van der Waals surface area contributed by atoms with Crippen LogP contribution in [0.1, 0.15) is 6.92 Å². The molecule has 0 aliphatic carbocycles. The average Bonchev–Trinajstić information content (AvgIpc) is 2.67. The molecule has 0 fully saturated rings. The maximum atomic E-state index is 4.15. The number of nitrogens with zero attached hydrogens (tertiary/aromatic N) is 4. The van der Waals surface area contributed by atoms with Crippen molar-refractivity contribution in [2.45, 2.75) is 6.92 Å². The van der Waals surface area contributed by atoms with Crippen molar-refractivity contribution in [3.05, 3.63) is 18.7 Å². The van der Waals surface area contributed by atoms with E-state index in [0.29, 0.717) is 18.0 Å². The SMILES string of the molecule is CC#CCNc1nccn2cnnc12. The molecule has 1 N–H and O–H groups in total. The van der Waals surface area contributed by atoms with E-state index in [9.17, 15) is 0 Å². The molecule has 0 aliphatic rings. The Balaban J connectivity index is 2.30. The van der Waals surface area contributed by atoms with Crippen molar-refractivity contribution in [2.24, 2.45) is 0 Å². The Morgan fingerprint density at radius 3 is 3.36 bits per heavy atom. The van der Waals surface area contributed by atoms with Crippen LogP contribution in [0.3, 0.4) is 0 Å². The average molecular weight is 187 g/mol. The van der Waals surface area contributed by atoms with Gasteiger partial charge in [0, 0.05) is 12.4 Å². The molecule has 0 bridgehead atoms. The molecule has 5 nitrogen and oxygen atoms in total. The first kappa shape index (κ1) is 8.51. The van der Waals surface area contributed by atoms with Crippen LogP contribution in [0.15, 0.2) is 18.7 Å². The molecule has 0 spiro atoms. The van der Waals surface area contributed by atoms with Crippen molar-refractivity contribution in [2.75, 3.05) is 11.9 Å². The molecule has 70 valence electrons. The van der Waals surface area contributed by atoms with Crippen molar-refractivity contribution < 1.29 is 0 Å². The number of nitrogens with one attached hydrogen (secondary N) is 1. The van der Waals surface area contributed by atoms with Gasteiger partial charge in [0.25, 0.3) is 0 Å². The smallest absolute Gasteiger partial charge is 0.203 e. The highest BCUT2D eigenvalue weighted by Gasteiger charge is 2.01. The molecule has 0 aromatic carbocycles. The predicted molar refractivity (Wildman–Crippen MR) is 52.7 cm³/mol. The highest BCUT2D eigenvalue weighted by Crippen LogP contribution is 2.08. The molecule has 0 saturated carbocycles. The van der Waals surface area contributed by atoms with Gasteiger partial charge in [0.2, 0.25) is 5.65 Å². The molecule has 5 heteroatoms. The lowest BCUT2D eigenvalue weighted by molar-refractivity contribution is 1.10. The molecule has 14 heavy (non-hydrogen) atoms. The minimum Gasteiger partial charge on any atom is -0.356 e. The van der Waals surface area contributed by atoms with Gasteiger partial charge in [0.05, 0.1) is 6.54 Å². The van der Waals surface area contributed by atoms with Gasteiger partial charge in [0.15, 0.2) is 5.82 Å². The Morgan fingerprint density at radius 1 is 1.57 bits per heavy atom. The molecule has 0 unspecified atom stereocenters. The van der Waals surface area contributed by atoms with Crippen LogP contribution in [0.4, 0.5) is 5.82 Å². The molecule has 0 aliphatic heterocycles. The predicted octanol–water partition coefficient (Wildman–Crippen LogP) is 0.559. The Bertz CT molecular complexity index is 490. The van der Waals surface area contributed by atoms with Gasteiger partial charge in [-0.3, -0.25) is 4.40 Å². The lowest BCUT2D eigenvalue weighted by Gasteiger charge is -2.01. The van der Waals surface area contributed by atoms with Crippen molar-refractivity contribution in [1.82, 2.24) is 19.6 Å². The maximum Gasteiger partial charge on any atom is 0.203 e. The van der Waals surface area contributed by atoms with E-state index < -0.39 is 0 Å². The van der Waals surface area contributed by atoms with E-state index in [2.05, 4.69) is 32.3 Å². The van der Waals surface area contributed by atoms with Crippen molar-refractivity contribution in [3.8, 4) is 11.8 Å². The van der Waals surface area contributed by atoms with Crippen molar-refractivity contribution in [3.63, 3.8) is 0 Å². The van der Waals surface area contributed by atoms with Crippen LogP contribution >= 0.6 is 0 Å². The van der Waals surface area contributed by atoms with Crippen LogP contribution in [0.2, 0.25) is 0 Å². The minimum atomic E-state index is 0.566. The second-order valence-corrected chi connectivity index (χ2v) is 2.62. The summed E-state index contributed by atoms with van der Waals surface area (Å²) in [4.78, 5) is 4.15. The standard InChI is InChI=1S/C9H9N5/c1-2-3-4-10-8-9-13-12-7-14(9)6-5-11-8/h5-7H,4H2,1H3,(H,10,11). The zero-order valence-electron chi connectivity index (χ0n) is 7.73. The molecule has 0 saturated heterocycles. The van der Waals surface area contributed by atoms with Crippen molar-refractivity contribution in [1.29, 1.82) is 0 Å². The zero-order valence-corrected chi connectivity index (χ0v) is 7.73. The second-order valence-electron chi connectivity index (χ2n) is 2.62. The molecular formula is C9H9N5. The fourth-order valence-electron chi connectivity index (χ4n) is 1.10. The van der Waals surface area contributed by atoms with E-state index in [1.54, 1.807) is 30.0 Å². The van der Waals surface area contributed by atoms with Crippen molar-refractivity contribution >= 4 is 11.5 Å². The third kappa shape index (κ3) is 1.50. The first-order valence-electron chi connectivity index (χ1n) is 4.19. The van der Waals surface area contributed by atoms with E-state index >= 15 is 0 Å². The highest BCUT2D eigenvalue weighted by molar-refractivity contribution is 5.61. The second kappa shape index (κ2) is 3.75. The van der Waals surface area contributed by atoms with Crippen LogP contribution < -0.4 is 5.32 Å². The summed E-state index contributed by atoms with van der Waals surface area (Å²) in [6, 6.07) is 0. The number of hydrogen-bond acceptors (Lipinski definition) is 4. The zero-order chi connectivity index (χ0) is 9.80. The first-order chi connectivity index (χ1) is 6.92. The Morgan fingerprint density at radius 2 is 2.50 bits per heavy atom. The summed E-state index contributed by atoms with van der Waals surface area (Å²) in [6.45, 7) is 2.36. The fourth-order valence-corrected chi connectivity index (χ4v) is 1.10. The maximum absolute atomic E-state index is 4.15. The molecule has 2 heterocycles. The molecule has 2 aromatic rings. The van der Waals surface area contributed by atoms with E-state index in [1.807, 2.05) is 0 Å². The summed E-state index contributed by atoms with van der Waals surface area (Å²) in [5.41, 5.74) is 0.713. The number of fused-ring (bicyclic) bond motifs is 1. The number of rotatable bonds is 2. The van der Waals surface area contributed by atoms with E-state index in [4.69, 9.17) is 0 Å². The molecule has 2 aromatic heterocycles. The highest BCUT2D eigenvalue weighted by atomic mass is 15.2. The van der Waals surface area contributed by atoms with Gasteiger partial charge in [-0.25, -0.2) is 4.98 Å². The summed E-state index contributed by atoms with van der Waals surface area (Å²) in [5, 5.41) is 10.8. The quantitative estimate of drug-likeness (QED) is 0.698. The lowest BCUT2D eigenvalue weighted by atomic mass is 10.5. The van der Waals surface area contributed by atoms with Gasteiger partial charge in [0.1, 0.15) is 6.33 Å². The molecular weight excluding hydrogens is 178 g/mol.